The molecule has 0 bridgehead atoms. The van der Waals surface area contributed by atoms with Crippen molar-refractivity contribution >= 4 is 0 Å². The number of aromatic amines is 1. The van der Waals surface area contributed by atoms with Gasteiger partial charge >= 0.3 is 0 Å². The molecular weight excluding hydrogens is 192 g/mol. The van der Waals surface area contributed by atoms with Crippen molar-refractivity contribution in [2.45, 2.75) is 44.6 Å². The van der Waals surface area contributed by atoms with Crippen molar-refractivity contribution in [3.63, 3.8) is 0 Å². The van der Waals surface area contributed by atoms with Crippen LogP contribution in [0.5, 0.6) is 0 Å². The van der Waals surface area contributed by atoms with Gasteiger partial charge in [-0.2, -0.15) is 0 Å². The molecule has 4 heteroatoms. The summed E-state index contributed by atoms with van der Waals surface area (Å²) in [6, 6.07) is 0.346. The summed E-state index contributed by atoms with van der Waals surface area (Å²) in [7, 11) is 0. The number of rotatable bonds is 3. The van der Waals surface area contributed by atoms with Crippen molar-refractivity contribution in [3.8, 4) is 0 Å². The molecule has 15 heavy (non-hydrogen) atoms. The molecule has 0 unspecified atom stereocenters. The number of nitrogens with one attached hydrogen (secondary N) is 1. The molecule has 1 saturated carbocycles. The largest absolute Gasteiger partial charge is 0.396 e. The summed E-state index contributed by atoms with van der Waals surface area (Å²) in [6.07, 6.45) is 8.09. The third kappa shape index (κ3) is 2.15. The van der Waals surface area contributed by atoms with Gasteiger partial charge in [-0.25, -0.2) is 4.68 Å². The van der Waals surface area contributed by atoms with E-state index in [1.165, 1.54) is 19.3 Å². The van der Waals surface area contributed by atoms with Crippen LogP contribution in [0.3, 0.4) is 0 Å². The lowest BCUT2D eigenvalue weighted by atomic mass is 9.96. The maximum atomic E-state index is 11.9. The lowest BCUT2D eigenvalue weighted by molar-refractivity contribution is 0.298. The second kappa shape index (κ2) is 4.66. The molecule has 0 saturated heterocycles. The maximum absolute atomic E-state index is 11.9. The zero-order chi connectivity index (χ0) is 10.7. The summed E-state index contributed by atoms with van der Waals surface area (Å²) >= 11 is 0. The minimum atomic E-state index is 0.0394. The van der Waals surface area contributed by atoms with Gasteiger partial charge < -0.3 is 10.2 Å². The first-order valence-corrected chi connectivity index (χ1v) is 5.72. The minimum Gasteiger partial charge on any atom is -0.396 e. The predicted molar refractivity (Wildman–Crippen MR) is 58.0 cm³/mol. The van der Waals surface area contributed by atoms with Gasteiger partial charge in [0.15, 0.2) is 0 Å². The number of aliphatic hydroxyl groups is 1. The van der Waals surface area contributed by atoms with Crippen LogP contribution >= 0.6 is 0 Å². The SMILES string of the molecule is O=c1c(CCO)c[nH]n1C1CCCCC1. The molecule has 1 heterocycles. The van der Waals surface area contributed by atoms with Crippen LogP contribution in [0, 0.1) is 0 Å². The smallest absolute Gasteiger partial charge is 0.269 e. The Bertz CT molecular complexity index is 361. The number of aromatic nitrogens is 2. The molecule has 4 nitrogen and oxygen atoms in total. The van der Waals surface area contributed by atoms with E-state index in [0.717, 1.165) is 12.8 Å². The molecule has 0 radical (unpaired) electrons. The normalized spacial score (nSPS) is 18.2. The van der Waals surface area contributed by atoms with Crippen LogP contribution in [0.2, 0.25) is 0 Å². The van der Waals surface area contributed by atoms with Gasteiger partial charge in [0.1, 0.15) is 0 Å². The molecule has 84 valence electrons. The van der Waals surface area contributed by atoms with E-state index in [1.54, 1.807) is 10.9 Å². The van der Waals surface area contributed by atoms with Gasteiger partial charge in [0, 0.05) is 24.8 Å². The van der Waals surface area contributed by atoms with E-state index in [9.17, 15) is 4.79 Å². The summed E-state index contributed by atoms with van der Waals surface area (Å²) in [4.78, 5) is 11.9. The van der Waals surface area contributed by atoms with Crippen molar-refractivity contribution in [2.24, 2.45) is 0 Å². The van der Waals surface area contributed by atoms with E-state index >= 15 is 0 Å². The Kier molecular flexibility index (Phi) is 3.26. The number of hydrogen-bond donors (Lipinski definition) is 2. The van der Waals surface area contributed by atoms with Crippen LogP contribution in [-0.4, -0.2) is 21.5 Å². The number of hydrogen-bond acceptors (Lipinski definition) is 2. The molecule has 0 aromatic carbocycles. The van der Waals surface area contributed by atoms with E-state index in [0.29, 0.717) is 18.0 Å². The molecular formula is C11H18N2O2. The van der Waals surface area contributed by atoms with Gasteiger partial charge in [-0.05, 0) is 12.8 Å². The molecule has 1 aromatic rings. The van der Waals surface area contributed by atoms with Gasteiger partial charge in [-0.1, -0.05) is 19.3 Å². The average molecular weight is 210 g/mol. The van der Waals surface area contributed by atoms with Crippen LogP contribution in [-0.2, 0) is 6.42 Å². The topological polar surface area (TPSA) is 58.0 Å². The minimum absolute atomic E-state index is 0.0394. The fourth-order valence-corrected chi connectivity index (χ4v) is 2.33. The Morgan fingerprint density at radius 2 is 2.13 bits per heavy atom. The molecule has 1 aliphatic carbocycles. The molecule has 0 spiro atoms. The number of H-pyrrole nitrogens is 1. The van der Waals surface area contributed by atoms with E-state index in [2.05, 4.69) is 5.10 Å². The first kappa shape index (κ1) is 10.5. The van der Waals surface area contributed by atoms with Gasteiger partial charge in [-0.15, -0.1) is 0 Å². The van der Waals surface area contributed by atoms with E-state index in [1.807, 2.05) is 0 Å². The third-order valence-electron chi connectivity index (χ3n) is 3.19. The Labute approximate surface area is 88.9 Å². The monoisotopic (exact) mass is 210 g/mol. The van der Waals surface area contributed by atoms with Gasteiger partial charge in [-0.3, -0.25) is 4.79 Å². The Morgan fingerprint density at radius 1 is 1.40 bits per heavy atom. The van der Waals surface area contributed by atoms with Crippen LogP contribution in [0.1, 0.15) is 43.7 Å². The third-order valence-corrected chi connectivity index (χ3v) is 3.19. The van der Waals surface area contributed by atoms with Crippen LogP contribution in [0.15, 0.2) is 11.0 Å². The highest BCUT2D eigenvalue weighted by molar-refractivity contribution is 5.05. The van der Waals surface area contributed by atoms with E-state index < -0.39 is 0 Å². The summed E-state index contributed by atoms with van der Waals surface area (Å²) in [5.41, 5.74) is 0.749. The first-order valence-electron chi connectivity index (χ1n) is 5.72. The Hall–Kier alpha value is -1.03. The summed E-state index contributed by atoms with van der Waals surface area (Å²) < 4.78 is 1.74. The van der Waals surface area contributed by atoms with Crippen LogP contribution < -0.4 is 5.56 Å². The molecule has 1 aliphatic rings. The highest BCUT2D eigenvalue weighted by Crippen LogP contribution is 2.26. The fraction of sp³-hybridized carbons (Fsp3) is 0.727. The van der Waals surface area contributed by atoms with Crippen molar-refractivity contribution in [2.75, 3.05) is 6.61 Å². The maximum Gasteiger partial charge on any atom is 0.269 e. The number of aliphatic hydroxyl groups excluding tert-OH is 1. The highest BCUT2D eigenvalue weighted by atomic mass is 16.3. The first-order chi connectivity index (χ1) is 7.33. The zero-order valence-electron chi connectivity index (χ0n) is 8.91. The molecule has 2 rings (SSSR count). The molecule has 1 aromatic heterocycles. The van der Waals surface area contributed by atoms with Gasteiger partial charge in [0.2, 0.25) is 0 Å². The number of nitrogens with zero attached hydrogens (tertiary/aromatic N) is 1. The lowest BCUT2D eigenvalue weighted by Crippen LogP contribution is -2.26. The molecule has 0 amide bonds. The summed E-state index contributed by atoms with van der Waals surface area (Å²) in [5, 5.41) is 11.8. The van der Waals surface area contributed by atoms with Gasteiger partial charge in [0.05, 0.1) is 6.04 Å². The average Bonchev–Trinajstić information content (AvgIpc) is 2.63. The molecule has 2 N–H and O–H groups in total. The Balaban J connectivity index is 2.17. The second-order valence-corrected chi connectivity index (χ2v) is 4.24. The van der Waals surface area contributed by atoms with E-state index in [-0.39, 0.29) is 12.2 Å². The fourth-order valence-electron chi connectivity index (χ4n) is 2.33. The summed E-state index contributed by atoms with van der Waals surface area (Å²) in [5.74, 6) is 0. The quantitative estimate of drug-likeness (QED) is 0.788. The van der Waals surface area contributed by atoms with Crippen LogP contribution in [0.4, 0.5) is 0 Å². The van der Waals surface area contributed by atoms with Crippen molar-refractivity contribution in [1.29, 1.82) is 0 Å². The Morgan fingerprint density at radius 3 is 2.80 bits per heavy atom. The van der Waals surface area contributed by atoms with Crippen LogP contribution in [0.25, 0.3) is 0 Å². The lowest BCUT2D eigenvalue weighted by Gasteiger charge is -2.21. The predicted octanol–water partition coefficient (Wildman–Crippen LogP) is 1.22. The molecule has 0 atom stereocenters. The highest BCUT2D eigenvalue weighted by Gasteiger charge is 2.18. The second-order valence-electron chi connectivity index (χ2n) is 4.24. The summed E-state index contributed by atoms with van der Waals surface area (Å²) in [6.45, 7) is 0.0394. The van der Waals surface area contributed by atoms with Crippen molar-refractivity contribution in [1.82, 2.24) is 9.78 Å². The molecule has 0 aliphatic heterocycles. The van der Waals surface area contributed by atoms with E-state index in [4.69, 9.17) is 5.11 Å². The van der Waals surface area contributed by atoms with Crippen molar-refractivity contribution in [3.05, 3.63) is 22.1 Å². The van der Waals surface area contributed by atoms with Crippen molar-refractivity contribution < 1.29 is 5.11 Å². The standard InChI is InChI=1S/C11H18N2O2/c14-7-6-9-8-12-13(11(9)15)10-4-2-1-3-5-10/h8,10,12,14H,1-7H2. The van der Waals surface area contributed by atoms with Gasteiger partial charge in [0.25, 0.3) is 5.56 Å². The molecule has 1 fully saturated rings. The zero-order valence-corrected chi connectivity index (χ0v) is 8.91.